The Labute approximate surface area is 269 Å². The van der Waals surface area contributed by atoms with Crippen molar-refractivity contribution in [3.63, 3.8) is 0 Å². The second-order valence-electron chi connectivity index (χ2n) is 10.9. The summed E-state index contributed by atoms with van der Waals surface area (Å²) in [5.74, 6) is -1.61. The van der Waals surface area contributed by atoms with Gasteiger partial charge in [-0.2, -0.15) is 5.21 Å². The Balaban J connectivity index is 1.21. The number of aromatic amines is 1. The predicted molar refractivity (Wildman–Crippen MR) is 170 cm³/mol. The molecule has 3 aromatic carbocycles. The van der Waals surface area contributed by atoms with Crippen LogP contribution in [-0.2, 0) is 16.0 Å². The number of aromatic nitrogens is 5. The molecule has 5 aromatic rings. The van der Waals surface area contributed by atoms with Crippen LogP contribution in [0.4, 0.5) is 11.4 Å². The molecule has 6 rings (SSSR count). The monoisotopic (exact) mass is 633 g/mol. The fourth-order valence-corrected chi connectivity index (χ4v) is 5.29. The number of pyridine rings is 1. The third kappa shape index (κ3) is 7.30. The summed E-state index contributed by atoms with van der Waals surface area (Å²) in [6.07, 6.45) is -1.56. The normalized spacial score (nSPS) is 15.5. The summed E-state index contributed by atoms with van der Waals surface area (Å²) in [7, 11) is 0. The Kier molecular flexibility index (Phi) is 9.22. The molecule has 0 bridgehead atoms. The number of benzene rings is 3. The number of anilines is 2. The molecule has 1 fully saturated rings. The maximum atomic E-state index is 13.6. The topological polar surface area (TPSA) is 201 Å². The quantitative estimate of drug-likeness (QED) is 0.152. The molecule has 3 atom stereocenters. The van der Waals surface area contributed by atoms with Crippen LogP contribution in [0.1, 0.15) is 38.1 Å². The van der Waals surface area contributed by atoms with Crippen LogP contribution in [-0.4, -0.2) is 78.8 Å². The van der Waals surface area contributed by atoms with Gasteiger partial charge in [-0.05, 0) is 47.0 Å². The van der Waals surface area contributed by atoms with E-state index >= 15 is 0 Å². The zero-order valence-electron chi connectivity index (χ0n) is 25.0. The van der Waals surface area contributed by atoms with Gasteiger partial charge in [-0.15, -0.1) is 10.2 Å². The van der Waals surface area contributed by atoms with Crippen molar-refractivity contribution in [1.82, 2.24) is 35.8 Å². The maximum Gasteiger partial charge on any atom is 0.274 e. The zero-order valence-corrected chi connectivity index (χ0v) is 25.0. The van der Waals surface area contributed by atoms with Crippen molar-refractivity contribution in [2.45, 2.75) is 24.6 Å². The largest absolute Gasteiger partial charge is 0.399 e. The third-order valence-corrected chi connectivity index (χ3v) is 7.63. The molecule has 0 unspecified atom stereocenters. The van der Waals surface area contributed by atoms with Gasteiger partial charge in [-0.1, -0.05) is 72.8 Å². The molecule has 3 heterocycles. The lowest BCUT2D eigenvalue weighted by atomic mass is 10.00. The van der Waals surface area contributed by atoms with Crippen LogP contribution in [0.5, 0.6) is 0 Å². The number of tetrazole rings is 1. The average Bonchev–Trinajstić information content (AvgIpc) is 3.82. The minimum Gasteiger partial charge on any atom is -0.399 e. The van der Waals surface area contributed by atoms with Gasteiger partial charge in [-0.3, -0.25) is 14.4 Å². The van der Waals surface area contributed by atoms with E-state index in [2.05, 4.69) is 36.2 Å². The lowest BCUT2D eigenvalue weighted by Crippen LogP contribution is -2.50. The molecule has 0 radical (unpaired) electrons. The highest BCUT2D eigenvalue weighted by molar-refractivity contribution is 5.99. The smallest absolute Gasteiger partial charge is 0.274 e. The number of H-pyrrole nitrogens is 1. The van der Waals surface area contributed by atoms with Crippen molar-refractivity contribution in [3.05, 3.63) is 120 Å². The van der Waals surface area contributed by atoms with E-state index in [0.717, 1.165) is 11.1 Å². The first-order chi connectivity index (χ1) is 22.9. The number of nitrogens with two attached hydrogens (primary N) is 1. The Morgan fingerprint density at radius 1 is 0.979 bits per heavy atom. The molecule has 1 aliphatic heterocycles. The lowest BCUT2D eigenvalue weighted by Gasteiger charge is -2.24. The molecule has 0 spiro atoms. The van der Waals surface area contributed by atoms with E-state index in [0.29, 0.717) is 23.7 Å². The molecule has 0 aliphatic carbocycles. The summed E-state index contributed by atoms with van der Waals surface area (Å²) in [5, 5.41) is 30.5. The molecular weight excluding hydrogens is 602 g/mol. The molecule has 3 amide bonds. The lowest BCUT2D eigenvalue weighted by molar-refractivity contribution is -0.125. The summed E-state index contributed by atoms with van der Waals surface area (Å²) < 4.78 is 5.59. The SMILES string of the molecule is Nc1cc(C(=O)N[C@@H](Cc2ccccc2)[C@H](O)C(=O)Nc2cccc(-c3nn[nH]n3)c2)nc(C(=O)N2COC[C@@H]2c2ccccc2)c1. The maximum absolute atomic E-state index is 13.6. The van der Waals surface area contributed by atoms with Crippen LogP contribution >= 0.6 is 0 Å². The summed E-state index contributed by atoms with van der Waals surface area (Å²) in [4.78, 5) is 46.3. The van der Waals surface area contributed by atoms with Crippen LogP contribution in [0, 0.1) is 0 Å². The van der Waals surface area contributed by atoms with Crippen molar-refractivity contribution in [1.29, 1.82) is 0 Å². The van der Waals surface area contributed by atoms with E-state index in [1.54, 1.807) is 24.3 Å². The summed E-state index contributed by atoms with van der Waals surface area (Å²) >= 11 is 0. The molecule has 14 nitrogen and oxygen atoms in total. The number of aliphatic hydroxyl groups is 1. The number of hydrogen-bond donors (Lipinski definition) is 5. The molecular formula is C33H31N9O5. The Morgan fingerprint density at radius 2 is 1.72 bits per heavy atom. The number of aliphatic hydroxyl groups excluding tert-OH is 1. The van der Waals surface area contributed by atoms with Gasteiger partial charge < -0.3 is 31.1 Å². The Hall–Kier alpha value is -5.99. The number of hydrogen-bond acceptors (Lipinski definition) is 10. The van der Waals surface area contributed by atoms with Gasteiger partial charge in [0.15, 0.2) is 6.10 Å². The fraction of sp³-hybridized carbons (Fsp3) is 0.182. The van der Waals surface area contributed by atoms with Crippen LogP contribution < -0.4 is 16.4 Å². The van der Waals surface area contributed by atoms with Gasteiger partial charge in [0.25, 0.3) is 17.7 Å². The molecule has 6 N–H and O–H groups in total. The zero-order chi connectivity index (χ0) is 32.8. The van der Waals surface area contributed by atoms with E-state index in [9.17, 15) is 19.5 Å². The van der Waals surface area contributed by atoms with Gasteiger partial charge in [-0.25, -0.2) is 4.98 Å². The molecule has 0 saturated carbocycles. The van der Waals surface area contributed by atoms with Crippen LogP contribution in [0.15, 0.2) is 97.1 Å². The first-order valence-electron chi connectivity index (χ1n) is 14.7. The van der Waals surface area contributed by atoms with E-state index in [-0.39, 0.29) is 36.3 Å². The molecule has 14 heteroatoms. The molecule has 1 saturated heterocycles. The number of nitrogens with zero attached hydrogens (tertiary/aromatic N) is 5. The molecule has 238 valence electrons. The Bertz CT molecular complexity index is 1860. The third-order valence-electron chi connectivity index (χ3n) is 7.63. The second-order valence-corrected chi connectivity index (χ2v) is 10.9. The highest BCUT2D eigenvalue weighted by Crippen LogP contribution is 2.28. The van der Waals surface area contributed by atoms with Crippen molar-refractivity contribution >= 4 is 29.1 Å². The van der Waals surface area contributed by atoms with Gasteiger partial charge in [0.05, 0.1) is 18.7 Å². The van der Waals surface area contributed by atoms with Gasteiger partial charge in [0.2, 0.25) is 5.82 Å². The van der Waals surface area contributed by atoms with E-state index < -0.39 is 29.9 Å². The highest BCUT2D eigenvalue weighted by atomic mass is 16.5. The van der Waals surface area contributed by atoms with Gasteiger partial charge in [0.1, 0.15) is 18.1 Å². The predicted octanol–water partition coefficient (Wildman–Crippen LogP) is 2.36. The van der Waals surface area contributed by atoms with Crippen molar-refractivity contribution in [3.8, 4) is 11.4 Å². The minimum absolute atomic E-state index is 0.0408. The summed E-state index contributed by atoms with van der Waals surface area (Å²) in [5.41, 5.74) is 8.71. The van der Waals surface area contributed by atoms with Crippen molar-refractivity contribution in [2.24, 2.45) is 0 Å². The van der Waals surface area contributed by atoms with E-state index in [4.69, 9.17) is 10.5 Å². The van der Waals surface area contributed by atoms with Crippen LogP contribution in [0.2, 0.25) is 0 Å². The average molecular weight is 634 g/mol. The number of carbonyl (C=O) groups excluding carboxylic acids is 3. The highest BCUT2D eigenvalue weighted by Gasteiger charge is 2.33. The number of nitrogen functional groups attached to an aromatic ring is 1. The van der Waals surface area contributed by atoms with Gasteiger partial charge in [0, 0.05) is 16.9 Å². The van der Waals surface area contributed by atoms with Gasteiger partial charge >= 0.3 is 0 Å². The standard InChI is InChI=1S/C33H31N9O5/c34-23-16-26(36-27(17-23)33(46)42-19-47-18-28(42)21-10-5-2-6-11-21)31(44)37-25(14-20-8-3-1-4-9-20)29(43)32(45)35-24-13-7-12-22(15-24)30-38-40-41-39-30/h1-13,15-17,25,28-29,43H,14,18-19H2,(H2,34,36)(H,35,45)(H,37,44)(H,38,39,40,41)/t25-,28+,29-/m0/s1. The number of amides is 3. The van der Waals surface area contributed by atoms with Crippen LogP contribution in [0.25, 0.3) is 11.4 Å². The number of carbonyl (C=O) groups is 3. The van der Waals surface area contributed by atoms with Crippen molar-refractivity contribution in [2.75, 3.05) is 24.4 Å². The Morgan fingerprint density at radius 3 is 2.47 bits per heavy atom. The van der Waals surface area contributed by atoms with Crippen molar-refractivity contribution < 1.29 is 24.2 Å². The summed E-state index contributed by atoms with van der Waals surface area (Å²) in [6.45, 7) is 0.364. The number of nitrogens with one attached hydrogen (secondary N) is 3. The molecule has 47 heavy (non-hydrogen) atoms. The van der Waals surface area contributed by atoms with E-state index in [1.165, 1.54) is 17.0 Å². The molecule has 1 aliphatic rings. The number of ether oxygens (including phenoxy) is 1. The fourth-order valence-electron chi connectivity index (χ4n) is 5.29. The summed E-state index contributed by atoms with van der Waals surface area (Å²) in [6, 6.07) is 26.6. The second kappa shape index (κ2) is 14.0. The molecule has 2 aromatic heterocycles. The first-order valence-corrected chi connectivity index (χ1v) is 14.7. The minimum atomic E-state index is -1.68. The first kappa shape index (κ1) is 31.0. The number of rotatable bonds is 10. The van der Waals surface area contributed by atoms with Crippen LogP contribution in [0.3, 0.4) is 0 Å². The van der Waals surface area contributed by atoms with E-state index in [1.807, 2.05) is 60.7 Å².